The van der Waals surface area contributed by atoms with Crippen molar-refractivity contribution in [2.75, 3.05) is 7.11 Å². The summed E-state index contributed by atoms with van der Waals surface area (Å²) in [5.74, 6) is 0.768. The summed E-state index contributed by atoms with van der Waals surface area (Å²) in [6.07, 6.45) is 0. The number of nitro groups is 1. The van der Waals surface area contributed by atoms with Crippen molar-refractivity contribution in [3.63, 3.8) is 0 Å². The summed E-state index contributed by atoms with van der Waals surface area (Å²) in [4.78, 5) is 10.3. The normalized spacial score (nSPS) is 10.3. The van der Waals surface area contributed by atoms with Crippen molar-refractivity contribution < 1.29 is 9.66 Å². The van der Waals surface area contributed by atoms with Crippen molar-refractivity contribution >= 4 is 5.69 Å². The highest BCUT2D eigenvalue weighted by atomic mass is 16.6. The maximum atomic E-state index is 10.7. The summed E-state index contributed by atoms with van der Waals surface area (Å²) in [6, 6.07) is 4.79. The highest BCUT2D eigenvalue weighted by Crippen LogP contribution is 2.29. The predicted octanol–water partition coefficient (Wildman–Crippen LogP) is 2.73. The van der Waals surface area contributed by atoms with Gasteiger partial charge in [-0.2, -0.15) is 0 Å². The van der Waals surface area contributed by atoms with Crippen LogP contribution in [-0.4, -0.2) is 12.0 Å². The van der Waals surface area contributed by atoms with E-state index in [1.54, 1.807) is 19.2 Å². The Labute approximate surface area is 82.7 Å². The molecule has 1 aromatic carbocycles. The van der Waals surface area contributed by atoms with E-state index in [2.05, 4.69) is 0 Å². The summed E-state index contributed by atoms with van der Waals surface area (Å²) in [5.41, 5.74) is 0.857. The lowest BCUT2D eigenvalue weighted by Crippen LogP contribution is -1.98. The molecule has 0 heterocycles. The Morgan fingerprint density at radius 3 is 2.50 bits per heavy atom. The number of nitrogens with zero attached hydrogens (tertiary/aromatic N) is 1. The smallest absolute Gasteiger partial charge is 0.273 e. The molecule has 1 aromatic rings. The predicted molar refractivity (Wildman–Crippen MR) is 53.7 cm³/mol. The summed E-state index contributed by atoms with van der Waals surface area (Å²) in [7, 11) is 1.55. The molecule has 0 spiro atoms. The van der Waals surface area contributed by atoms with E-state index in [9.17, 15) is 10.1 Å². The van der Waals surface area contributed by atoms with E-state index in [-0.39, 0.29) is 16.5 Å². The molecular formula is C10H13NO3. The van der Waals surface area contributed by atoms with Crippen LogP contribution in [0, 0.1) is 10.1 Å². The Hall–Kier alpha value is -1.58. The lowest BCUT2D eigenvalue weighted by molar-refractivity contribution is -0.385. The van der Waals surface area contributed by atoms with Gasteiger partial charge < -0.3 is 4.74 Å². The third-order valence-corrected chi connectivity index (χ3v) is 2.05. The molecule has 14 heavy (non-hydrogen) atoms. The van der Waals surface area contributed by atoms with Crippen LogP contribution in [0.5, 0.6) is 5.75 Å². The van der Waals surface area contributed by atoms with Gasteiger partial charge in [0.15, 0.2) is 0 Å². The molecule has 0 amide bonds. The topological polar surface area (TPSA) is 52.4 Å². The third kappa shape index (κ3) is 2.02. The van der Waals surface area contributed by atoms with Crippen LogP contribution in [0.1, 0.15) is 25.3 Å². The minimum absolute atomic E-state index is 0.116. The number of methoxy groups -OCH3 is 1. The van der Waals surface area contributed by atoms with Crippen LogP contribution in [0.15, 0.2) is 18.2 Å². The fourth-order valence-electron chi connectivity index (χ4n) is 1.29. The Morgan fingerprint density at radius 2 is 2.07 bits per heavy atom. The van der Waals surface area contributed by atoms with Gasteiger partial charge in [-0.1, -0.05) is 13.8 Å². The average molecular weight is 195 g/mol. The van der Waals surface area contributed by atoms with Crippen molar-refractivity contribution in [1.29, 1.82) is 0 Å². The van der Waals surface area contributed by atoms with Gasteiger partial charge in [-0.25, -0.2) is 0 Å². The number of rotatable bonds is 3. The molecule has 76 valence electrons. The average Bonchev–Trinajstić information content (AvgIpc) is 2.16. The number of benzene rings is 1. The summed E-state index contributed by atoms with van der Waals surface area (Å²) < 4.78 is 5.02. The molecule has 0 saturated heterocycles. The summed E-state index contributed by atoms with van der Waals surface area (Å²) >= 11 is 0. The summed E-state index contributed by atoms with van der Waals surface area (Å²) in [6.45, 7) is 3.84. The van der Waals surface area contributed by atoms with Crippen LogP contribution >= 0.6 is 0 Å². The molecule has 0 bridgehead atoms. The van der Waals surface area contributed by atoms with Crippen LogP contribution in [0.2, 0.25) is 0 Å². The SMILES string of the molecule is COc1ccc([N+](=O)[O-])c(C(C)C)c1. The molecule has 4 nitrogen and oxygen atoms in total. The quantitative estimate of drug-likeness (QED) is 0.550. The van der Waals surface area contributed by atoms with Gasteiger partial charge in [0, 0.05) is 11.6 Å². The van der Waals surface area contributed by atoms with Crippen molar-refractivity contribution in [1.82, 2.24) is 0 Å². The lowest BCUT2D eigenvalue weighted by atomic mass is 10.0. The van der Waals surface area contributed by atoms with Crippen LogP contribution in [0.3, 0.4) is 0 Å². The molecule has 0 saturated carbocycles. The number of nitro benzene ring substituents is 1. The van der Waals surface area contributed by atoms with Crippen molar-refractivity contribution in [3.8, 4) is 5.75 Å². The van der Waals surface area contributed by atoms with E-state index in [0.29, 0.717) is 11.3 Å². The molecule has 0 aromatic heterocycles. The highest BCUT2D eigenvalue weighted by molar-refractivity contribution is 5.46. The Kier molecular flexibility index (Phi) is 3.06. The first-order valence-corrected chi connectivity index (χ1v) is 4.38. The van der Waals surface area contributed by atoms with E-state index in [1.165, 1.54) is 6.07 Å². The maximum absolute atomic E-state index is 10.7. The highest BCUT2D eigenvalue weighted by Gasteiger charge is 2.16. The molecule has 4 heteroatoms. The van der Waals surface area contributed by atoms with Gasteiger partial charge in [-0.15, -0.1) is 0 Å². The van der Waals surface area contributed by atoms with E-state index in [4.69, 9.17) is 4.74 Å². The Bertz CT molecular complexity index is 347. The van der Waals surface area contributed by atoms with Gasteiger partial charge in [0.1, 0.15) is 5.75 Å². The zero-order chi connectivity index (χ0) is 10.7. The van der Waals surface area contributed by atoms with Crippen LogP contribution in [0.25, 0.3) is 0 Å². The monoisotopic (exact) mass is 195 g/mol. The molecule has 1 rings (SSSR count). The van der Waals surface area contributed by atoms with Crippen LogP contribution in [0.4, 0.5) is 5.69 Å². The molecule has 0 fully saturated rings. The van der Waals surface area contributed by atoms with Crippen LogP contribution < -0.4 is 4.74 Å². The standard InChI is InChI=1S/C10H13NO3/c1-7(2)9-6-8(14-3)4-5-10(9)11(12)13/h4-7H,1-3H3. The largest absolute Gasteiger partial charge is 0.497 e. The molecule has 0 N–H and O–H groups in total. The molecule has 0 atom stereocenters. The number of ether oxygens (including phenoxy) is 1. The zero-order valence-corrected chi connectivity index (χ0v) is 8.48. The first kappa shape index (κ1) is 10.5. The zero-order valence-electron chi connectivity index (χ0n) is 8.48. The van der Waals surface area contributed by atoms with Crippen molar-refractivity contribution in [2.24, 2.45) is 0 Å². The molecule has 0 aliphatic heterocycles. The van der Waals surface area contributed by atoms with E-state index < -0.39 is 0 Å². The van der Waals surface area contributed by atoms with E-state index in [1.807, 2.05) is 13.8 Å². The van der Waals surface area contributed by atoms with Gasteiger partial charge in [0.25, 0.3) is 5.69 Å². The summed E-state index contributed by atoms with van der Waals surface area (Å²) in [5, 5.41) is 10.7. The second-order valence-electron chi connectivity index (χ2n) is 3.34. The maximum Gasteiger partial charge on any atom is 0.273 e. The minimum Gasteiger partial charge on any atom is -0.497 e. The number of hydrogen-bond acceptors (Lipinski definition) is 3. The molecule has 0 radical (unpaired) electrons. The van der Waals surface area contributed by atoms with Crippen molar-refractivity contribution in [3.05, 3.63) is 33.9 Å². The second-order valence-corrected chi connectivity index (χ2v) is 3.34. The molecule has 0 aliphatic rings. The van der Waals surface area contributed by atoms with Gasteiger partial charge >= 0.3 is 0 Å². The Balaban J connectivity index is 3.24. The molecule has 0 unspecified atom stereocenters. The third-order valence-electron chi connectivity index (χ3n) is 2.05. The van der Waals surface area contributed by atoms with Gasteiger partial charge in [-0.3, -0.25) is 10.1 Å². The van der Waals surface area contributed by atoms with Gasteiger partial charge in [0.2, 0.25) is 0 Å². The minimum atomic E-state index is -0.366. The van der Waals surface area contributed by atoms with E-state index in [0.717, 1.165) is 0 Å². The Morgan fingerprint density at radius 1 is 1.43 bits per heavy atom. The van der Waals surface area contributed by atoms with Crippen molar-refractivity contribution in [2.45, 2.75) is 19.8 Å². The van der Waals surface area contributed by atoms with E-state index >= 15 is 0 Å². The fourth-order valence-corrected chi connectivity index (χ4v) is 1.29. The molecule has 0 aliphatic carbocycles. The fraction of sp³-hybridized carbons (Fsp3) is 0.400. The number of hydrogen-bond donors (Lipinski definition) is 0. The van der Waals surface area contributed by atoms with Crippen LogP contribution in [-0.2, 0) is 0 Å². The molecular weight excluding hydrogens is 182 g/mol. The van der Waals surface area contributed by atoms with Gasteiger partial charge in [0.05, 0.1) is 12.0 Å². The lowest BCUT2D eigenvalue weighted by Gasteiger charge is -2.08. The van der Waals surface area contributed by atoms with Gasteiger partial charge in [-0.05, 0) is 18.1 Å². The first-order valence-electron chi connectivity index (χ1n) is 4.38. The second kappa shape index (κ2) is 4.09. The first-order chi connectivity index (χ1) is 6.56.